The Labute approximate surface area is 145 Å². The van der Waals surface area contributed by atoms with Crippen molar-refractivity contribution in [2.75, 3.05) is 7.11 Å². The van der Waals surface area contributed by atoms with E-state index in [1.807, 2.05) is 37.4 Å². The molecule has 6 nitrogen and oxygen atoms in total. The van der Waals surface area contributed by atoms with Gasteiger partial charge in [0.2, 0.25) is 0 Å². The van der Waals surface area contributed by atoms with E-state index in [9.17, 15) is 4.79 Å². The average Bonchev–Trinajstić information content (AvgIpc) is 3.24. The van der Waals surface area contributed by atoms with Gasteiger partial charge in [-0.15, -0.1) is 0 Å². The van der Waals surface area contributed by atoms with Gasteiger partial charge in [-0.25, -0.2) is 0 Å². The van der Waals surface area contributed by atoms with Crippen LogP contribution in [0, 0.1) is 6.92 Å². The highest BCUT2D eigenvalue weighted by atomic mass is 16.5. The van der Waals surface area contributed by atoms with Crippen LogP contribution in [0.2, 0.25) is 0 Å². The minimum absolute atomic E-state index is 0.205. The SMILES string of the molecule is COc1ccc(CNC(=O)c2oc3c(c2C)-c2[nH]ncc2CC3)cc1. The Kier molecular flexibility index (Phi) is 3.80. The number of aromatic amines is 1. The second kappa shape index (κ2) is 6.12. The molecule has 2 aromatic heterocycles. The molecule has 6 heteroatoms. The maximum atomic E-state index is 12.6. The lowest BCUT2D eigenvalue weighted by molar-refractivity contribution is 0.0920. The van der Waals surface area contributed by atoms with E-state index in [1.165, 1.54) is 5.56 Å². The molecule has 128 valence electrons. The maximum Gasteiger partial charge on any atom is 0.287 e. The number of furan rings is 1. The van der Waals surface area contributed by atoms with E-state index in [2.05, 4.69) is 15.5 Å². The molecule has 0 spiro atoms. The Hall–Kier alpha value is -3.02. The van der Waals surface area contributed by atoms with Crippen molar-refractivity contribution in [2.45, 2.75) is 26.3 Å². The highest BCUT2D eigenvalue weighted by molar-refractivity contribution is 5.95. The highest BCUT2D eigenvalue weighted by Gasteiger charge is 2.28. The van der Waals surface area contributed by atoms with E-state index >= 15 is 0 Å². The molecule has 0 fully saturated rings. The van der Waals surface area contributed by atoms with Gasteiger partial charge in [0, 0.05) is 24.1 Å². The number of benzene rings is 1. The Bertz CT molecular complexity index is 922. The number of hydrogen-bond acceptors (Lipinski definition) is 4. The topological polar surface area (TPSA) is 80.1 Å². The number of carbonyl (C=O) groups is 1. The monoisotopic (exact) mass is 337 g/mol. The summed E-state index contributed by atoms with van der Waals surface area (Å²) in [6.45, 7) is 2.35. The van der Waals surface area contributed by atoms with Gasteiger partial charge in [0.25, 0.3) is 5.91 Å². The van der Waals surface area contributed by atoms with Crippen LogP contribution >= 0.6 is 0 Å². The van der Waals surface area contributed by atoms with Gasteiger partial charge in [-0.2, -0.15) is 5.10 Å². The molecular weight excluding hydrogens is 318 g/mol. The van der Waals surface area contributed by atoms with Gasteiger partial charge < -0.3 is 14.5 Å². The second-order valence-corrected chi connectivity index (χ2v) is 6.16. The fourth-order valence-corrected chi connectivity index (χ4v) is 3.26. The number of hydrogen-bond donors (Lipinski definition) is 2. The van der Waals surface area contributed by atoms with Crippen molar-refractivity contribution in [1.29, 1.82) is 0 Å². The largest absolute Gasteiger partial charge is 0.497 e. The minimum atomic E-state index is -0.205. The number of rotatable bonds is 4. The number of nitrogens with one attached hydrogen (secondary N) is 2. The molecule has 0 aliphatic heterocycles. The zero-order chi connectivity index (χ0) is 17.4. The van der Waals surface area contributed by atoms with Crippen LogP contribution in [-0.4, -0.2) is 23.2 Å². The fourth-order valence-electron chi connectivity index (χ4n) is 3.26. The lowest BCUT2D eigenvalue weighted by Crippen LogP contribution is -2.23. The third-order valence-electron chi connectivity index (χ3n) is 4.63. The van der Waals surface area contributed by atoms with Crippen molar-refractivity contribution in [3.05, 3.63) is 58.7 Å². The molecule has 2 N–H and O–H groups in total. The normalized spacial score (nSPS) is 12.4. The van der Waals surface area contributed by atoms with Crippen molar-refractivity contribution in [1.82, 2.24) is 15.5 Å². The number of H-pyrrole nitrogens is 1. The molecule has 1 aliphatic carbocycles. The van der Waals surface area contributed by atoms with Gasteiger partial charge in [-0.05, 0) is 36.6 Å². The molecule has 0 atom stereocenters. The molecule has 0 saturated heterocycles. The Morgan fingerprint density at radius 2 is 2.12 bits per heavy atom. The number of aryl methyl sites for hydroxylation is 2. The Morgan fingerprint density at radius 1 is 1.32 bits per heavy atom. The van der Waals surface area contributed by atoms with Crippen LogP contribution in [0.5, 0.6) is 5.75 Å². The quantitative estimate of drug-likeness (QED) is 0.767. The van der Waals surface area contributed by atoms with Crippen molar-refractivity contribution < 1.29 is 13.9 Å². The number of carbonyl (C=O) groups excluding carboxylic acids is 1. The zero-order valence-electron chi connectivity index (χ0n) is 14.2. The summed E-state index contributed by atoms with van der Waals surface area (Å²) in [5.41, 5.74) is 4.97. The number of nitrogens with zero attached hydrogens (tertiary/aromatic N) is 1. The molecule has 3 aromatic rings. The van der Waals surface area contributed by atoms with Crippen LogP contribution in [0.3, 0.4) is 0 Å². The third kappa shape index (κ3) is 2.69. The van der Waals surface area contributed by atoms with Gasteiger partial charge >= 0.3 is 0 Å². The third-order valence-corrected chi connectivity index (χ3v) is 4.63. The number of ether oxygens (including phenoxy) is 1. The van der Waals surface area contributed by atoms with Crippen LogP contribution < -0.4 is 10.1 Å². The lowest BCUT2D eigenvalue weighted by Gasteiger charge is -2.09. The summed E-state index contributed by atoms with van der Waals surface area (Å²) in [5, 5.41) is 10.1. The molecule has 4 rings (SSSR count). The average molecular weight is 337 g/mol. The van der Waals surface area contributed by atoms with Crippen LogP contribution in [0.25, 0.3) is 11.3 Å². The fraction of sp³-hybridized carbons (Fsp3) is 0.263. The van der Waals surface area contributed by atoms with Gasteiger partial charge in [0.05, 0.1) is 19.0 Å². The zero-order valence-corrected chi connectivity index (χ0v) is 14.2. The molecule has 1 aromatic carbocycles. The van der Waals surface area contributed by atoms with Crippen molar-refractivity contribution in [3.8, 4) is 17.0 Å². The van der Waals surface area contributed by atoms with Gasteiger partial charge in [-0.1, -0.05) is 12.1 Å². The van der Waals surface area contributed by atoms with E-state index < -0.39 is 0 Å². The summed E-state index contributed by atoms with van der Waals surface area (Å²) >= 11 is 0. The number of fused-ring (bicyclic) bond motifs is 3. The van der Waals surface area contributed by atoms with E-state index in [0.717, 1.165) is 46.7 Å². The highest BCUT2D eigenvalue weighted by Crippen LogP contribution is 2.37. The molecule has 0 bridgehead atoms. The van der Waals surface area contributed by atoms with E-state index in [4.69, 9.17) is 9.15 Å². The van der Waals surface area contributed by atoms with Crippen molar-refractivity contribution in [2.24, 2.45) is 0 Å². The lowest BCUT2D eigenvalue weighted by atomic mass is 9.93. The van der Waals surface area contributed by atoms with Crippen LogP contribution in [-0.2, 0) is 19.4 Å². The van der Waals surface area contributed by atoms with Crippen molar-refractivity contribution in [3.63, 3.8) is 0 Å². The van der Waals surface area contributed by atoms with Gasteiger partial charge in [-0.3, -0.25) is 9.89 Å². The predicted octanol–water partition coefficient (Wildman–Crippen LogP) is 3.02. The molecule has 25 heavy (non-hydrogen) atoms. The van der Waals surface area contributed by atoms with Gasteiger partial charge in [0.1, 0.15) is 11.5 Å². The summed E-state index contributed by atoms with van der Waals surface area (Å²) in [7, 11) is 1.63. The van der Waals surface area contributed by atoms with Gasteiger partial charge in [0.15, 0.2) is 5.76 Å². The van der Waals surface area contributed by atoms with Crippen LogP contribution in [0.4, 0.5) is 0 Å². The first-order valence-corrected chi connectivity index (χ1v) is 8.23. The van der Waals surface area contributed by atoms with Crippen LogP contribution in [0.15, 0.2) is 34.9 Å². The Morgan fingerprint density at radius 3 is 2.88 bits per heavy atom. The van der Waals surface area contributed by atoms with E-state index in [0.29, 0.717) is 12.3 Å². The molecule has 0 radical (unpaired) electrons. The number of amides is 1. The van der Waals surface area contributed by atoms with Crippen LogP contribution in [0.1, 0.15) is 33.0 Å². The standard InChI is InChI=1S/C19H19N3O3/c1-11-16-15(8-5-13-10-21-22-17(13)16)25-18(11)19(23)20-9-12-3-6-14(24-2)7-4-12/h3-4,6-7,10H,5,8-9H2,1-2H3,(H,20,23)(H,21,22). The Balaban J connectivity index is 1.53. The predicted molar refractivity (Wildman–Crippen MR) is 92.6 cm³/mol. The molecule has 0 saturated carbocycles. The first kappa shape index (κ1) is 15.5. The number of methoxy groups -OCH3 is 1. The first-order valence-electron chi connectivity index (χ1n) is 8.23. The molecule has 1 amide bonds. The summed E-state index contributed by atoms with van der Waals surface area (Å²) in [5.74, 6) is 1.81. The maximum absolute atomic E-state index is 12.6. The minimum Gasteiger partial charge on any atom is -0.497 e. The number of aromatic nitrogens is 2. The van der Waals surface area contributed by atoms with E-state index in [1.54, 1.807) is 7.11 Å². The van der Waals surface area contributed by atoms with E-state index in [-0.39, 0.29) is 5.91 Å². The first-order chi connectivity index (χ1) is 12.2. The summed E-state index contributed by atoms with van der Waals surface area (Å²) in [6, 6.07) is 7.60. The molecule has 0 unspecified atom stereocenters. The summed E-state index contributed by atoms with van der Waals surface area (Å²) in [6.07, 6.45) is 3.50. The molecular formula is C19H19N3O3. The summed E-state index contributed by atoms with van der Waals surface area (Å²) in [4.78, 5) is 12.6. The second-order valence-electron chi connectivity index (χ2n) is 6.16. The molecule has 2 heterocycles. The smallest absolute Gasteiger partial charge is 0.287 e. The summed E-state index contributed by atoms with van der Waals surface area (Å²) < 4.78 is 11.0. The molecule has 1 aliphatic rings. The van der Waals surface area contributed by atoms with Crippen molar-refractivity contribution >= 4 is 5.91 Å².